The lowest BCUT2D eigenvalue weighted by Gasteiger charge is -2.05. The van der Waals surface area contributed by atoms with Crippen molar-refractivity contribution in [2.24, 2.45) is 0 Å². The molecule has 0 aliphatic heterocycles. The van der Waals surface area contributed by atoms with E-state index in [0.717, 1.165) is 32.5 Å². The molecule has 0 spiro atoms. The summed E-state index contributed by atoms with van der Waals surface area (Å²) < 4.78 is 19.6. The summed E-state index contributed by atoms with van der Waals surface area (Å²) in [7, 11) is -4.25. The van der Waals surface area contributed by atoms with Gasteiger partial charge in [-0.05, 0) is 20.3 Å². The molecule has 0 aliphatic rings. The first kappa shape index (κ1) is 26.3. The summed E-state index contributed by atoms with van der Waals surface area (Å²) in [5.74, 6) is 0. The standard InChI is InChI=1S/C14H31O4P.C4H10O/c1-2-3-4-5-6-7-8-9-10-11-12-13-14-18-19(15,16)17;1-3-5-4-2/h2-14H2,1H3,(H2,15,16,17);3-4H2,1-2H3. The van der Waals surface area contributed by atoms with Crippen molar-refractivity contribution in [2.45, 2.75) is 97.8 Å². The first-order valence-corrected chi connectivity index (χ1v) is 11.3. The Kier molecular flexibility index (Phi) is 23.1. The van der Waals surface area contributed by atoms with Gasteiger partial charge in [0.1, 0.15) is 0 Å². The molecule has 6 heteroatoms. The zero-order chi connectivity index (χ0) is 18.5. The molecule has 0 saturated heterocycles. The molecule has 24 heavy (non-hydrogen) atoms. The van der Waals surface area contributed by atoms with Crippen LogP contribution in [0.25, 0.3) is 0 Å². The second kappa shape index (κ2) is 21.1. The second-order valence-electron chi connectivity index (χ2n) is 5.99. The molecular weight excluding hydrogens is 327 g/mol. The Hall–Kier alpha value is 0.0700. The Morgan fingerprint density at radius 1 is 0.667 bits per heavy atom. The van der Waals surface area contributed by atoms with Crippen LogP contribution in [0.1, 0.15) is 97.8 Å². The maximum atomic E-state index is 10.4. The fourth-order valence-electron chi connectivity index (χ4n) is 2.33. The summed E-state index contributed by atoms with van der Waals surface area (Å²) in [6, 6.07) is 0. The predicted molar refractivity (Wildman–Crippen MR) is 101 cm³/mol. The van der Waals surface area contributed by atoms with Crippen LogP contribution < -0.4 is 0 Å². The van der Waals surface area contributed by atoms with E-state index in [1.165, 1.54) is 57.8 Å². The van der Waals surface area contributed by atoms with Crippen LogP contribution in [0.15, 0.2) is 0 Å². The van der Waals surface area contributed by atoms with Crippen LogP contribution in [0.5, 0.6) is 0 Å². The average molecular weight is 368 g/mol. The highest BCUT2D eigenvalue weighted by Crippen LogP contribution is 2.35. The Labute approximate surface area is 149 Å². The summed E-state index contributed by atoms with van der Waals surface area (Å²) in [4.78, 5) is 17.0. The summed E-state index contributed by atoms with van der Waals surface area (Å²) in [5.41, 5.74) is 0. The lowest BCUT2D eigenvalue weighted by atomic mass is 10.1. The van der Waals surface area contributed by atoms with Gasteiger partial charge in [0.2, 0.25) is 0 Å². The minimum Gasteiger partial charge on any atom is -0.382 e. The van der Waals surface area contributed by atoms with Crippen LogP contribution in [0.2, 0.25) is 0 Å². The molecule has 0 aromatic carbocycles. The summed E-state index contributed by atoms with van der Waals surface area (Å²) >= 11 is 0. The van der Waals surface area contributed by atoms with Crippen LogP contribution in [-0.2, 0) is 13.8 Å². The number of ether oxygens (including phenoxy) is 1. The maximum absolute atomic E-state index is 10.4. The highest BCUT2D eigenvalue weighted by molar-refractivity contribution is 7.46. The quantitative estimate of drug-likeness (QED) is 0.264. The molecule has 2 N–H and O–H groups in total. The molecule has 5 nitrogen and oxygen atoms in total. The van der Waals surface area contributed by atoms with E-state index in [-0.39, 0.29) is 6.61 Å². The number of phosphoric ester groups is 1. The number of rotatable bonds is 16. The molecule has 0 atom stereocenters. The fraction of sp³-hybridized carbons (Fsp3) is 1.00. The molecule has 0 fully saturated rings. The van der Waals surface area contributed by atoms with Gasteiger partial charge < -0.3 is 14.5 Å². The first-order chi connectivity index (χ1) is 11.5. The molecule has 0 radical (unpaired) electrons. The van der Waals surface area contributed by atoms with E-state index < -0.39 is 7.82 Å². The van der Waals surface area contributed by atoms with Crippen molar-refractivity contribution in [1.29, 1.82) is 0 Å². The smallest absolute Gasteiger partial charge is 0.382 e. The number of unbranched alkanes of at least 4 members (excludes halogenated alkanes) is 11. The van der Waals surface area contributed by atoms with Gasteiger partial charge in [-0.3, -0.25) is 4.52 Å². The summed E-state index contributed by atoms with van der Waals surface area (Å²) in [6.45, 7) is 8.08. The van der Waals surface area contributed by atoms with E-state index in [0.29, 0.717) is 0 Å². The predicted octanol–water partition coefficient (Wildman–Crippen LogP) is 5.84. The zero-order valence-electron chi connectivity index (χ0n) is 16.2. The van der Waals surface area contributed by atoms with E-state index in [2.05, 4.69) is 11.4 Å². The molecule has 0 aliphatic carbocycles. The van der Waals surface area contributed by atoms with Crippen molar-refractivity contribution in [3.8, 4) is 0 Å². The van der Waals surface area contributed by atoms with Gasteiger partial charge in [0.15, 0.2) is 0 Å². The normalized spacial score (nSPS) is 11.2. The van der Waals surface area contributed by atoms with E-state index in [4.69, 9.17) is 14.5 Å². The maximum Gasteiger partial charge on any atom is 0.469 e. The van der Waals surface area contributed by atoms with Gasteiger partial charge >= 0.3 is 7.82 Å². The topological polar surface area (TPSA) is 76.0 Å². The van der Waals surface area contributed by atoms with Crippen LogP contribution in [0, 0.1) is 0 Å². The molecule has 0 aromatic heterocycles. The van der Waals surface area contributed by atoms with Gasteiger partial charge in [-0.2, -0.15) is 0 Å². The highest BCUT2D eigenvalue weighted by Gasteiger charge is 2.12. The Bertz CT molecular complexity index is 266. The lowest BCUT2D eigenvalue weighted by molar-refractivity contribution is 0.162. The van der Waals surface area contributed by atoms with Crippen molar-refractivity contribution in [2.75, 3.05) is 19.8 Å². The third kappa shape index (κ3) is 30.0. The molecule has 0 aromatic rings. The second-order valence-corrected chi connectivity index (χ2v) is 7.23. The Morgan fingerprint density at radius 3 is 1.33 bits per heavy atom. The van der Waals surface area contributed by atoms with E-state index in [9.17, 15) is 4.57 Å². The average Bonchev–Trinajstić information content (AvgIpc) is 2.52. The van der Waals surface area contributed by atoms with Crippen molar-refractivity contribution in [3.05, 3.63) is 0 Å². The van der Waals surface area contributed by atoms with E-state index in [1.807, 2.05) is 13.8 Å². The molecule has 0 heterocycles. The van der Waals surface area contributed by atoms with Gasteiger partial charge in [-0.25, -0.2) is 4.57 Å². The van der Waals surface area contributed by atoms with E-state index in [1.54, 1.807) is 0 Å². The molecule has 0 unspecified atom stereocenters. The zero-order valence-corrected chi connectivity index (χ0v) is 17.1. The lowest BCUT2D eigenvalue weighted by Crippen LogP contribution is -1.92. The van der Waals surface area contributed by atoms with Gasteiger partial charge in [-0.1, -0.05) is 77.6 Å². The van der Waals surface area contributed by atoms with Crippen molar-refractivity contribution < 1.29 is 23.6 Å². The van der Waals surface area contributed by atoms with Crippen LogP contribution in [-0.4, -0.2) is 29.6 Å². The Morgan fingerprint density at radius 2 is 1.04 bits per heavy atom. The number of hydrogen-bond donors (Lipinski definition) is 2. The molecule has 0 rings (SSSR count). The molecule has 0 saturated carbocycles. The van der Waals surface area contributed by atoms with Gasteiger partial charge in [0, 0.05) is 13.2 Å². The van der Waals surface area contributed by atoms with Crippen LogP contribution in [0.3, 0.4) is 0 Å². The fourth-order valence-corrected chi connectivity index (χ4v) is 2.70. The Balaban J connectivity index is 0. The van der Waals surface area contributed by atoms with Gasteiger partial charge in [-0.15, -0.1) is 0 Å². The third-order valence-electron chi connectivity index (χ3n) is 3.67. The number of phosphoric acid groups is 1. The van der Waals surface area contributed by atoms with Gasteiger partial charge in [0.25, 0.3) is 0 Å². The molecular formula is C18H41O5P. The highest BCUT2D eigenvalue weighted by atomic mass is 31.2. The third-order valence-corrected chi connectivity index (χ3v) is 4.18. The van der Waals surface area contributed by atoms with Crippen LogP contribution >= 0.6 is 7.82 Å². The van der Waals surface area contributed by atoms with Crippen molar-refractivity contribution in [3.63, 3.8) is 0 Å². The SMILES string of the molecule is CCCCCCCCCCCCCCOP(=O)(O)O.CCOCC. The molecule has 148 valence electrons. The monoisotopic (exact) mass is 368 g/mol. The summed E-state index contributed by atoms with van der Waals surface area (Å²) in [6.07, 6.45) is 14.9. The first-order valence-electron chi connectivity index (χ1n) is 9.75. The van der Waals surface area contributed by atoms with Crippen molar-refractivity contribution in [1.82, 2.24) is 0 Å². The van der Waals surface area contributed by atoms with E-state index >= 15 is 0 Å². The largest absolute Gasteiger partial charge is 0.469 e. The minimum absolute atomic E-state index is 0.168. The molecule has 0 amide bonds. The number of hydrogen-bond acceptors (Lipinski definition) is 3. The minimum atomic E-state index is -4.25. The molecule has 0 bridgehead atoms. The van der Waals surface area contributed by atoms with Crippen molar-refractivity contribution >= 4 is 7.82 Å². The van der Waals surface area contributed by atoms with Gasteiger partial charge in [0.05, 0.1) is 6.61 Å². The summed E-state index contributed by atoms with van der Waals surface area (Å²) in [5, 5.41) is 0. The van der Waals surface area contributed by atoms with Crippen LogP contribution in [0.4, 0.5) is 0 Å².